The molecule has 7 aromatic carbocycles. The predicted octanol–water partition coefficient (Wildman–Crippen LogP) is 10.7. The van der Waals surface area contributed by atoms with Gasteiger partial charge in [-0.1, -0.05) is 88.4 Å². The van der Waals surface area contributed by atoms with Crippen LogP contribution in [0.5, 0.6) is 0 Å². The molecule has 0 radical (unpaired) electrons. The fourth-order valence-electron chi connectivity index (χ4n) is 9.89. The monoisotopic (exact) mass is 695 g/mol. The highest BCUT2D eigenvalue weighted by Gasteiger charge is 2.43. The van der Waals surface area contributed by atoms with Crippen molar-refractivity contribution in [2.75, 3.05) is 4.90 Å². The Labute approximate surface area is 317 Å². The summed E-state index contributed by atoms with van der Waals surface area (Å²) >= 11 is 0. The lowest BCUT2D eigenvalue weighted by Crippen LogP contribution is -2.59. The number of fused-ring (bicyclic) bond motifs is 10. The topological polar surface area (TPSA) is 13.1 Å². The van der Waals surface area contributed by atoms with Crippen molar-refractivity contribution in [2.45, 2.75) is 53.4 Å². The van der Waals surface area contributed by atoms with Gasteiger partial charge < -0.3 is 14.0 Å². The van der Waals surface area contributed by atoms with Crippen LogP contribution in [0.15, 0.2) is 133 Å². The van der Waals surface area contributed by atoms with E-state index in [1.54, 1.807) is 0 Å². The van der Waals surface area contributed by atoms with Crippen LogP contribution >= 0.6 is 0 Å². The first-order valence-corrected chi connectivity index (χ1v) is 19.9. The molecule has 0 saturated heterocycles. The summed E-state index contributed by atoms with van der Waals surface area (Å²) in [5.74, 6) is 0. The Balaban J connectivity index is 1.38. The third-order valence-corrected chi connectivity index (χ3v) is 12.5. The van der Waals surface area contributed by atoms with Gasteiger partial charge in [0.1, 0.15) is 0 Å². The smallest absolute Gasteiger partial charge is 0.252 e. The molecule has 2 aromatic heterocycles. The van der Waals surface area contributed by atoms with Gasteiger partial charge in [0.25, 0.3) is 6.71 Å². The van der Waals surface area contributed by atoms with Crippen molar-refractivity contribution in [3.8, 4) is 11.4 Å². The van der Waals surface area contributed by atoms with Gasteiger partial charge in [0.15, 0.2) is 0 Å². The third kappa shape index (κ3) is 4.20. The molecule has 0 atom stereocenters. The van der Waals surface area contributed by atoms with Gasteiger partial charge >= 0.3 is 0 Å². The Morgan fingerprint density at radius 1 is 0.463 bits per heavy atom. The standard InChI is InChI=1S/C50H42BN3/c1-5-31-19-21-43-37(25-31)39-27-33(7-3)29-41-48(39)53(43)45-23-24-46(52(35-15-11-9-12-16-35)36-17-13-10-14-18-36)50-47(45)51(41)42-30-34(8-4)28-40-38-26-32(6-2)20-22-44(38)54(50)49(40)42/h9-30H,5-8H2,1-4H3. The highest BCUT2D eigenvalue weighted by Crippen LogP contribution is 2.45. The zero-order chi connectivity index (χ0) is 36.2. The van der Waals surface area contributed by atoms with Gasteiger partial charge in [-0.2, -0.15) is 0 Å². The largest absolute Gasteiger partial charge is 0.310 e. The van der Waals surface area contributed by atoms with Crippen LogP contribution in [-0.2, 0) is 25.7 Å². The van der Waals surface area contributed by atoms with Gasteiger partial charge in [-0.25, -0.2) is 0 Å². The van der Waals surface area contributed by atoms with Gasteiger partial charge in [0.2, 0.25) is 0 Å². The quantitative estimate of drug-likeness (QED) is 0.151. The number of para-hydroxylation sites is 2. The average molecular weight is 696 g/mol. The van der Waals surface area contributed by atoms with Crippen molar-refractivity contribution in [3.05, 3.63) is 156 Å². The molecular formula is C50H42BN3. The minimum atomic E-state index is 0.0799. The Bertz CT molecular complexity index is 2950. The van der Waals surface area contributed by atoms with Crippen LogP contribution in [0, 0.1) is 0 Å². The van der Waals surface area contributed by atoms with Crippen molar-refractivity contribution in [1.82, 2.24) is 9.13 Å². The number of hydrogen-bond acceptors (Lipinski definition) is 1. The van der Waals surface area contributed by atoms with Crippen LogP contribution in [0.4, 0.5) is 17.1 Å². The molecule has 2 aliphatic heterocycles. The van der Waals surface area contributed by atoms with Crippen molar-refractivity contribution in [2.24, 2.45) is 0 Å². The first-order chi connectivity index (χ1) is 26.6. The Hall–Kier alpha value is -6.00. The van der Waals surface area contributed by atoms with E-state index in [1.165, 1.54) is 99.3 Å². The maximum absolute atomic E-state index is 2.65. The van der Waals surface area contributed by atoms with Crippen molar-refractivity contribution in [3.63, 3.8) is 0 Å². The zero-order valence-electron chi connectivity index (χ0n) is 31.4. The van der Waals surface area contributed by atoms with E-state index in [0.717, 1.165) is 37.1 Å². The normalized spacial score (nSPS) is 12.7. The lowest BCUT2D eigenvalue weighted by atomic mass is 9.34. The maximum Gasteiger partial charge on any atom is 0.252 e. The summed E-state index contributed by atoms with van der Waals surface area (Å²) in [4.78, 5) is 2.48. The molecule has 0 N–H and O–H groups in total. The predicted molar refractivity (Wildman–Crippen MR) is 232 cm³/mol. The fraction of sp³-hybridized carbons (Fsp3) is 0.160. The number of benzene rings is 7. The SMILES string of the molecule is CCc1ccc2c(c1)c1cc(CC)cc3c1n2-c1ccc(N(c2ccccc2)c2ccccc2)c2c1B3c1cc(CC)cc3c4cc(CC)ccc4n-2c13. The van der Waals surface area contributed by atoms with E-state index < -0.39 is 0 Å². The summed E-state index contributed by atoms with van der Waals surface area (Å²) in [6, 6.07) is 51.1. The molecule has 4 heterocycles. The molecule has 0 unspecified atom stereocenters. The highest BCUT2D eigenvalue weighted by molar-refractivity contribution is 7.00. The van der Waals surface area contributed by atoms with Crippen LogP contribution in [0.2, 0.25) is 0 Å². The molecule has 0 bridgehead atoms. The van der Waals surface area contributed by atoms with E-state index >= 15 is 0 Å². The molecule has 2 aliphatic rings. The number of rotatable bonds is 7. The van der Waals surface area contributed by atoms with Crippen molar-refractivity contribution in [1.29, 1.82) is 0 Å². The molecule has 260 valence electrons. The maximum atomic E-state index is 2.65. The summed E-state index contributed by atoms with van der Waals surface area (Å²) in [5, 5.41) is 5.45. The van der Waals surface area contributed by atoms with E-state index in [1.807, 2.05) is 0 Å². The summed E-state index contributed by atoms with van der Waals surface area (Å²) in [6.45, 7) is 9.23. The van der Waals surface area contributed by atoms with E-state index in [9.17, 15) is 0 Å². The van der Waals surface area contributed by atoms with E-state index in [0.29, 0.717) is 0 Å². The van der Waals surface area contributed by atoms with E-state index in [-0.39, 0.29) is 6.71 Å². The molecule has 0 spiro atoms. The van der Waals surface area contributed by atoms with Gasteiger partial charge in [0, 0.05) is 49.6 Å². The van der Waals surface area contributed by atoms with Gasteiger partial charge in [-0.05, 0) is 137 Å². The zero-order valence-corrected chi connectivity index (χ0v) is 31.4. The minimum Gasteiger partial charge on any atom is -0.310 e. The number of aryl methyl sites for hydroxylation is 4. The van der Waals surface area contributed by atoms with Gasteiger partial charge in [-0.3, -0.25) is 0 Å². The molecule has 3 nitrogen and oxygen atoms in total. The number of aromatic nitrogens is 2. The Kier molecular flexibility index (Phi) is 6.86. The highest BCUT2D eigenvalue weighted by atomic mass is 15.2. The summed E-state index contributed by atoms with van der Waals surface area (Å²) in [6.07, 6.45) is 4.03. The Morgan fingerprint density at radius 2 is 0.944 bits per heavy atom. The molecule has 54 heavy (non-hydrogen) atoms. The molecule has 11 rings (SSSR count). The summed E-state index contributed by atoms with van der Waals surface area (Å²) in [7, 11) is 0. The second-order valence-corrected chi connectivity index (χ2v) is 15.3. The van der Waals surface area contributed by atoms with Crippen LogP contribution in [0.1, 0.15) is 49.9 Å². The van der Waals surface area contributed by atoms with Crippen LogP contribution in [0.25, 0.3) is 55.0 Å². The van der Waals surface area contributed by atoms with Crippen LogP contribution in [-0.4, -0.2) is 15.8 Å². The van der Waals surface area contributed by atoms with Crippen LogP contribution in [0.3, 0.4) is 0 Å². The molecule has 0 aliphatic carbocycles. The molecule has 4 heteroatoms. The Morgan fingerprint density at radius 3 is 1.46 bits per heavy atom. The second-order valence-electron chi connectivity index (χ2n) is 15.3. The first kappa shape index (κ1) is 31.5. The lowest BCUT2D eigenvalue weighted by Gasteiger charge is -2.37. The summed E-state index contributed by atoms with van der Waals surface area (Å²) < 4.78 is 5.26. The minimum absolute atomic E-state index is 0.0799. The third-order valence-electron chi connectivity index (χ3n) is 12.5. The summed E-state index contributed by atoms with van der Waals surface area (Å²) in [5.41, 5.74) is 21.1. The molecule has 0 saturated carbocycles. The van der Waals surface area contributed by atoms with Crippen molar-refractivity contribution >= 4 is 83.8 Å². The molecule has 0 fully saturated rings. The van der Waals surface area contributed by atoms with Crippen molar-refractivity contribution < 1.29 is 0 Å². The number of anilines is 3. The lowest BCUT2D eigenvalue weighted by molar-refractivity contribution is 1.11. The number of nitrogens with zero attached hydrogens (tertiary/aromatic N) is 3. The van der Waals surface area contributed by atoms with Gasteiger partial charge in [0.05, 0.1) is 22.4 Å². The van der Waals surface area contributed by atoms with Crippen LogP contribution < -0.4 is 21.3 Å². The molecule has 9 aromatic rings. The number of hydrogen-bond donors (Lipinski definition) is 0. The first-order valence-electron chi connectivity index (χ1n) is 19.9. The van der Waals surface area contributed by atoms with Gasteiger partial charge in [-0.15, -0.1) is 0 Å². The van der Waals surface area contributed by atoms with E-state index in [2.05, 4.69) is 175 Å². The molecule has 0 amide bonds. The fourth-order valence-corrected chi connectivity index (χ4v) is 9.89. The average Bonchev–Trinajstić information content (AvgIpc) is 3.74. The molecular weight excluding hydrogens is 653 g/mol. The van der Waals surface area contributed by atoms with E-state index in [4.69, 9.17) is 0 Å². The second kappa shape index (κ2) is 11.8.